The molecule has 2 aromatic rings. The number of ketones is 1. The van der Waals surface area contributed by atoms with Crippen molar-refractivity contribution < 1.29 is 24.4 Å². The minimum Gasteiger partial charge on any atom is -0.507 e. The van der Waals surface area contributed by atoms with Crippen LogP contribution in [0.5, 0.6) is 5.75 Å². The van der Waals surface area contributed by atoms with Gasteiger partial charge in [0.1, 0.15) is 11.5 Å². The number of rotatable bonds is 8. The van der Waals surface area contributed by atoms with Gasteiger partial charge in [0.15, 0.2) is 0 Å². The van der Waals surface area contributed by atoms with Gasteiger partial charge in [-0.3, -0.25) is 19.7 Å². The number of likely N-dealkylation sites (tertiary alicyclic amines) is 1. The zero-order valence-electron chi connectivity index (χ0n) is 19.1. The third kappa shape index (κ3) is 4.88. The molecule has 174 valence electrons. The van der Waals surface area contributed by atoms with E-state index in [1.165, 1.54) is 36.3 Å². The van der Waals surface area contributed by atoms with Gasteiger partial charge in [0.2, 0.25) is 0 Å². The highest BCUT2D eigenvalue weighted by molar-refractivity contribution is 6.46. The fraction of sp³-hybridized carbons (Fsp3) is 0.333. The van der Waals surface area contributed by atoms with Crippen molar-refractivity contribution in [2.24, 2.45) is 0 Å². The lowest BCUT2D eigenvalue weighted by atomic mass is 9.94. The molecule has 0 aliphatic carbocycles. The smallest absolute Gasteiger partial charge is 0.295 e. The van der Waals surface area contributed by atoms with Gasteiger partial charge < -0.3 is 19.6 Å². The van der Waals surface area contributed by atoms with Crippen LogP contribution in [-0.4, -0.2) is 65.8 Å². The molecule has 33 heavy (non-hydrogen) atoms. The summed E-state index contributed by atoms with van der Waals surface area (Å²) >= 11 is 0. The maximum Gasteiger partial charge on any atom is 0.295 e. The van der Waals surface area contributed by atoms with Crippen LogP contribution in [0.15, 0.2) is 48.0 Å². The van der Waals surface area contributed by atoms with E-state index in [0.717, 1.165) is 5.56 Å². The van der Waals surface area contributed by atoms with Crippen molar-refractivity contribution in [3.63, 3.8) is 0 Å². The highest BCUT2D eigenvalue weighted by Gasteiger charge is 2.45. The Morgan fingerprint density at radius 1 is 1.18 bits per heavy atom. The molecule has 1 N–H and O–H groups in total. The number of Topliss-reactive ketones (excluding diaryl/α,β-unsaturated/α-hetero) is 1. The predicted octanol–water partition coefficient (Wildman–Crippen LogP) is 3.29. The van der Waals surface area contributed by atoms with Crippen LogP contribution in [0.2, 0.25) is 0 Å². The molecule has 0 spiro atoms. The van der Waals surface area contributed by atoms with Crippen molar-refractivity contribution in [3.05, 3.63) is 74.8 Å². The second-order valence-electron chi connectivity index (χ2n) is 8.18. The summed E-state index contributed by atoms with van der Waals surface area (Å²) in [5, 5.41) is 22.2. The van der Waals surface area contributed by atoms with E-state index in [1.54, 1.807) is 18.2 Å². The predicted molar refractivity (Wildman–Crippen MR) is 123 cm³/mol. The molecule has 0 unspecified atom stereocenters. The number of hydrogen-bond donors (Lipinski definition) is 1. The summed E-state index contributed by atoms with van der Waals surface area (Å²) in [5.41, 5.74) is 1.51. The second-order valence-corrected chi connectivity index (χ2v) is 8.18. The van der Waals surface area contributed by atoms with E-state index in [9.17, 15) is 24.8 Å². The summed E-state index contributed by atoms with van der Waals surface area (Å²) in [4.78, 5) is 39.9. The number of aliphatic hydroxyl groups is 1. The molecule has 0 aromatic heterocycles. The van der Waals surface area contributed by atoms with Gasteiger partial charge in [0.05, 0.1) is 23.6 Å². The number of aliphatic hydroxyl groups excluding tert-OH is 1. The van der Waals surface area contributed by atoms with E-state index >= 15 is 0 Å². The minimum atomic E-state index is -0.852. The number of benzene rings is 2. The Hall–Kier alpha value is -3.72. The van der Waals surface area contributed by atoms with E-state index in [-0.39, 0.29) is 17.0 Å². The standard InChI is InChI=1S/C24H27N3O6/c1-15-14-17(8-11-19(15)33-4)22(28)20-21(16-6-9-18(10-7-16)27(31)32)26(24(30)23(20)29)13-5-12-25(2)3/h6-11,14,21,28H,5,12-13H2,1-4H3/t21-/m0/s1. The number of non-ortho nitro benzene ring substituents is 1. The average Bonchev–Trinajstić information content (AvgIpc) is 3.03. The molecule has 0 radical (unpaired) electrons. The molecule has 1 atom stereocenters. The second kappa shape index (κ2) is 9.83. The first-order valence-corrected chi connectivity index (χ1v) is 10.5. The van der Waals surface area contributed by atoms with Crippen molar-refractivity contribution in [1.82, 2.24) is 9.80 Å². The fourth-order valence-corrected chi connectivity index (χ4v) is 3.97. The van der Waals surface area contributed by atoms with Gasteiger partial charge in [-0.15, -0.1) is 0 Å². The summed E-state index contributed by atoms with van der Waals surface area (Å²) in [7, 11) is 5.36. The number of methoxy groups -OCH3 is 1. The van der Waals surface area contributed by atoms with Gasteiger partial charge in [-0.25, -0.2) is 0 Å². The van der Waals surface area contributed by atoms with E-state index in [1.807, 2.05) is 25.9 Å². The van der Waals surface area contributed by atoms with Crippen LogP contribution in [0.1, 0.15) is 29.2 Å². The van der Waals surface area contributed by atoms with Crippen LogP contribution < -0.4 is 4.74 Å². The summed E-state index contributed by atoms with van der Waals surface area (Å²) in [6.45, 7) is 2.81. The molecule has 9 heteroatoms. The maximum atomic E-state index is 13.0. The molecule has 0 bridgehead atoms. The number of nitrogens with zero attached hydrogens (tertiary/aromatic N) is 3. The third-order valence-electron chi connectivity index (χ3n) is 5.63. The molecule has 0 saturated carbocycles. The number of nitro groups is 1. The Labute approximate surface area is 192 Å². The van der Waals surface area contributed by atoms with Crippen molar-refractivity contribution in [3.8, 4) is 5.75 Å². The molecule has 1 fully saturated rings. The quantitative estimate of drug-likeness (QED) is 0.215. The number of carbonyl (C=O) groups is 2. The highest BCUT2D eigenvalue weighted by Crippen LogP contribution is 2.40. The lowest BCUT2D eigenvalue weighted by molar-refractivity contribution is -0.384. The first-order chi connectivity index (χ1) is 15.6. The van der Waals surface area contributed by atoms with Crippen LogP contribution in [0.25, 0.3) is 5.76 Å². The molecule has 1 saturated heterocycles. The number of carbonyl (C=O) groups excluding carboxylic acids is 2. The van der Waals surface area contributed by atoms with E-state index < -0.39 is 22.7 Å². The first-order valence-electron chi connectivity index (χ1n) is 10.5. The monoisotopic (exact) mass is 453 g/mol. The number of ether oxygens (including phenoxy) is 1. The Morgan fingerprint density at radius 2 is 1.85 bits per heavy atom. The summed E-state index contributed by atoms with van der Waals surface area (Å²) in [5.74, 6) is -1.15. The zero-order chi connectivity index (χ0) is 24.3. The Bertz CT molecular complexity index is 1110. The van der Waals surface area contributed by atoms with Gasteiger partial charge in [-0.1, -0.05) is 0 Å². The maximum absolute atomic E-state index is 13.0. The lowest BCUT2D eigenvalue weighted by Gasteiger charge is -2.26. The molecule has 1 aliphatic heterocycles. The van der Waals surface area contributed by atoms with Crippen LogP contribution in [0, 0.1) is 17.0 Å². The summed E-state index contributed by atoms with van der Waals surface area (Å²) < 4.78 is 5.26. The molecule has 1 heterocycles. The zero-order valence-corrected chi connectivity index (χ0v) is 19.1. The lowest BCUT2D eigenvalue weighted by Crippen LogP contribution is -2.32. The summed E-state index contributed by atoms with van der Waals surface area (Å²) in [6.07, 6.45) is 0.616. The van der Waals surface area contributed by atoms with E-state index in [4.69, 9.17) is 4.74 Å². The van der Waals surface area contributed by atoms with Crippen LogP contribution >= 0.6 is 0 Å². The van der Waals surface area contributed by atoms with Crippen molar-refractivity contribution in [1.29, 1.82) is 0 Å². The Kier molecular flexibility index (Phi) is 7.13. The fourth-order valence-electron chi connectivity index (χ4n) is 3.97. The molecule has 3 rings (SSSR count). The van der Waals surface area contributed by atoms with Gasteiger partial charge in [-0.2, -0.15) is 0 Å². The summed E-state index contributed by atoms with van der Waals surface area (Å²) in [6, 6.07) is 9.81. The van der Waals surface area contributed by atoms with E-state index in [2.05, 4.69) is 0 Å². The highest BCUT2D eigenvalue weighted by atomic mass is 16.6. The van der Waals surface area contributed by atoms with E-state index in [0.29, 0.717) is 36.4 Å². The van der Waals surface area contributed by atoms with Crippen molar-refractivity contribution >= 4 is 23.1 Å². The van der Waals surface area contributed by atoms with Crippen LogP contribution in [0.4, 0.5) is 5.69 Å². The number of aryl methyl sites for hydroxylation is 1. The van der Waals surface area contributed by atoms with Gasteiger partial charge in [0, 0.05) is 24.2 Å². The van der Waals surface area contributed by atoms with Gasteiger partial charge in [0.25, 0.3) is 17.4 Å². The van der Waals surface area contributed by atoms with Gasteiger partial charge in [-0.05, 0) is 75.4 Å². The van der Waals surface area contributed by atoms with Crippen LogP contribution in [0.3, 0.4) is 0 Å². The topological polar surface area (TPSA) is 113 Å². The van der Waals surface area contributed by atoms with Gasteiger partial charge >= 0.3 is 0 Å². The molecule has 1 aliphatic rings. The van der Waals surface area contributed by atoms with Crippen molar-refractivity contribution in [2.45, 2.75) is 19.4 Å². The Balaban J connectivity index is 2.11. The molecule has 9 nitrogen and oxygen atoms in total. The SMILES string of the molecule is COc1ccc(C(O)=C2C(=O)C(=O)N(CCCN(C)C)[C@H]2c2ccc([N+](=O)[O-])cc2)cc1C. The Morgan fingerprint density at radius 3 is 2.39 bits per heavy atom. The first kappa shape index (κ1) is 23.9. The molecule has 2 aromatic carbocycles. The largest absolute Gasteiger partial charge is 0.507 e. The molecule has 1 amide bonds. The van der Waals surface area contributed by atoms with Crippen LogP contribution in [-0.2, 0) is 9.59 Å². The molecular weight excluding hydrogens is 426 g/mol. The molecular formula is C24H27N3O6. The number of nitro benzene ring substituents is 1. The average molecular weight is 453 g/mol. The third-order valence-corrected chi connectivity index (χ3v) is 5.63. The van der Waals surface area contributed by atoms with Crippen molar-refractivity contribution in [2.75, 3.05) is 34.3 Å². The number of hydrogen-bond acceptors (Lipinski definition) is 7. The normalized spacial score (nSPS) is 17.6. The number of amides is 1. The minimum absolute atomic E-state index is 0.0386.